The lowest BCUT2D eigenvalue weighted by Crippen LogP contribution is -2.33. The summed E-state index contributed by atoms with van der Waals surface area (Å²) in [6.07, 6.45) is 4.10. The van der Waals surface area contributed by atoms with Crippen LogP contribution in [0.25, 0.3) is 0 Å². The SMILES string of the molecule is CCCC(C(=O)O)C(CCC)C(=O)OC(CC)CC. The first-order chi connectivity index (χ1) is 9.01. The van der Waals surface area contributed by atoms with Crippen LogP contribution in [0.5, 0.6) is 0 Å². The van der Waals surface area contributed by atoms with Crippen LogP contribution in [0.1, 0.15) is 66.2 Å². The van der Waals surface area contributed by atoms with E-state index in [1.54, 1.807) is 0 Å². The van der Waals surface area contributed by atoms with E-state index in [9.17, 15) is 14.7 Å². The van der Waals surface area contributed by atoms with Gasteiger partial charge in [-0.2, -0.15) is 0 Å². The Balaban J connectivity index is 4.84. The zero-order chi connectivity index (χ0) is 14.8. The van der Waals surface area contributed by atoms with Crippen LogP contribution in [0.15, 0.2) is 0 Å². The van der Waals surface area contributed by atoms with E-state index in [2.05, 4.69) is 0 Å². The molecule has 0 aromatic carbocycles. The van der Waals surface area contributed by atoms with E-state index in [1.807, 2.05) is 27.7 Å². The Bertz CT molecular complexity index is 271. The minimum atomic E-state index is -0.887. The summed E-state index contributed by atoms with van der Waals surface area (Å²) in [5.41, 5.74) is 0. The molecule has 0 aromatic rings. The van der Waals surface area contributed by atoms with Crippen molar-refractivity contribution in [2.24, 2.45) is 11.8 Å². The molecule has 19 heavy (non-hydrogen) atoms. The molecule has 0 fully saturated rings. The Kier molecular flexibility index (Phi) is 9.27. The summed E-state index contributed by atoms with van der Waals surface area (Å²) >= 11 is 0. The van der Waals surface area contributed by atoms with Gasteiger partial charge in [-0.3, -0.25) is 9.59 Å². The molecule has 0 aliphatic rings. The maximum atomic E-state index is 12.2. The highest BCUT2D eigenvalue weighted by atomic mass is 16.5. The molecule has 0 aliphatic carbocycles. The van der Waals surface area contributed by atoms with Gasteiger partial charge in [0.15, 0.2) is 0 Å². The van der Waals surface area contributed by atoms with Crippen LogP contribution >= 0.6 is 0 Å². The molecule has 1 N–H and O–H groups in total. The third kappa shape index (κ3) is 6.08. The van der Waals surface area contributed by atoms with Crippen LogP contribution in [0.2, 0.25) is 0 Å². The second-order valence-electron chi connectivity index (χ2n) is 5.00. The molecule has 0 aliphatic heterocycles. The van der Waals surface area contributed by atoms with E-state index in [-0.39, 0.29) is 12.1 Å². The normalized spacial score (nSPS) is 14.2. The van der Waals surface area contributed by atoms with Gasteiger partial charge in [-0.25, -0.2) is 0 Å². The molecule has 0 aromatic heterocycles. The molecule has 112 valence electrons. The molecular weight excluding hydrogens is 244 g/mol. The number of rotatable bonds is 10. The van der Waals surface area contributed by atoms with Crippen LogP contribution in [-0.2, 0) is 14.3 Å². The van der Waals surface area contributed by atoms with Crippen molar-refractivity contribution >= 4 is 11.9 Å². The van der Waals surface area contributed by atoms with Crippen molar-refractivity contribution in [1.29, 1.82) is 0 Å². The smallest absolute Gasteiger partial charge is 0.310 e. The highest BCUT2D eigenvalue weighted by molar-refractivity contribution is 5.81. The molecule has 4 nitrogen and oxygen atoms in total. The minimum absolute atomic E-state index is 0.0945. The number of esters is 1. The van der Waals surface area contributed by atoms with Gasteiger partial charge in [0.2, 0.25) is 0 Å². The second-order valence-corrected chi connectivity index (χ2v) is 5.00. The van der Waals surface area contributed by atoms with Gasteiger partial charge in [-0.05, 0) is 25.7 Å². The summed E-state index contributed by atoms with van der Waals surface area (Å²) in [5.74, 6) is -2.35. The lowest BCUT2D eigenvalue weighted by molar-refractivity contribution is -0.162. The van der Waals surface area contributed by atoms with Crippen LogP contribution in [-0.4, -0.2) is 23.1 Å². The number of aliphatic carboxylic acids is 1. The number of carbonyl (C=O) groups excluding carboxylic acids is 1. The average molecular weight is 272 g/mol. The average Bonchev–Trinajstić information content (AvgIpc) is 2.39. The van der Waals surface area contributed by atoms with Crippen molar-refractivity contribution in [2.75, 3.05) is 0 Å². The van der Waals surface area contributed by atoms with Gasteiger partial charge >= 0.3 is 11.9 Å². The van der Waals surface area contributed by atoms with E-state index < -0.39 is 17.8 Å². The molecule has 0 bridgehead atoms. The lowest BCUT2D eigenvalue weighted by Gasteiger charge is -2.24. The Labute approximate surface area is 116 Å². The van der Waals surface area contributed by atoms with Crippen molar-refractivity contribution in [3.63, 3.8) is 0 Å². The van der Waals surface area contributed by atoms with Gasteiger partial charge < -0.3 is 9.84 Å². The molecule has 0 amide bonds. The van der Waals surface area contributed by atoms with Crippen LogP contribution in [0.3, 0.4) is 0 Å². The van der Waals surface area contributed by atoms with Crippen LogP contribution < -0.4 is 0 Å². The third-order valence-corrected chi connectivity index (χ3v) is 3.50. The van der Waals surface area contributed by atoms with E-state index >= 15 is 0 Å². The quantitative estimate of drug-likeness (QED) is 0.617. The summed E-state index contributed by atoms with van der Waals surface area (Å²) in [6.45, 7) is 7.83. The molecule has 0 radical (unpaired) electrons. The van der Waals surface area contributed by atoms with Crippen LogP contribution in [0.4, 0.5) is 0 Å². The van der Waals surface area contributed by atoms with E-state index in [4.69, 9.17) is 4.74 Å². The number of carboxylic acids is 1. The van der Waals surface area contributed by atoms with Gasteiger partial charge in [0.1, 0.15) is 6.10 Å². The molecule has 0 heterocycles. The monoisotopic (exact) mass is 272 g/mol. The van der Waals surface area contributed by atoms with Crippen molar-refractivity contribution in [3.05, 3.63) is 0 Å². The van der Waals surface area contributed by atoms with Gasteiger partial charge in [-0.1, -0.05) is 40.5 Å². The van der Waals surface area contributed by atoms with E-state index in [0.717, 1.165) is 25.7 Å². The molecule has 2 atom stereocenters. The van der Waals surface area contributed by atoms with Crippen molar-refractivity contribution < 1.29 is 19.4 Å². The van der Waals surface area contributed by atoms with Crippen molar-refractivity contribution in [2.45, 2.75) is 72.3 Å². The topological polar surface area (TPSA) is 63.6 Å². The number of carboxylic acid groups (broad SMARTS) is 1. The van der Waals surface area contributed by atoms with Gasteiger partial charge in [0, 0.05) is 0 Å². The highest BCUT2D eigenvalue weighted by Crippen LogP contribution is 2.25. The fourth-order valence-electron chi connectivity index (χ4n) is 2.31. The summed E-state index contributed by atoms with van der Waals surface area (Å²) in [5, 5.41) is 9.29. The second kappa shape index (κ2) is 9.82. The zero-order valence-electron chi connectivity index (χ0n) is 12.6. The fourth-order valence-corrected chi connectivity index (χ4v) is 2.31. The number of hydrogen-bond donors (Lipinski definition) is 1. The van der Waals surface area contributed by atoms with Gasteiger partial charge in [0.25, 0.3) is 0 Å². The highest BCUT2D eigenvalue weighted by Gasteiger charge is 2.34. The molecule has 2 unspecified atom stereocenters. The zero-order valence-corrected chi connectivity index (χ0v) is 12.6. The van der Waals surface area contributed by atoms with Gasteiger partial charge in [0.05, 0.1) is 11.8 Å². The fraction of sp³-hybridized carbons (Fsp3) is 0.867. The predicted molar refractivity (Wildman–Crippen MR) is 74.9 cm³/mol. The molecular formula is C15H28O4. The molecule has 0 saturated carbocycles. The Hall–Kier alpha value is -1.06. The maximum Gasteiger partial charge on any atom is 0.310 e. The summed E-state index contributed by atoms with van der Waals surface area (Å²) in [6, 6.07) is 0. The lowest BCUT2D eigenvalue weighted by atomic mass is 9.85. The number of carbonyl (C=O) groups is 2. The largest absolute Gasteiger partial charge is 0.481 e. The van der Waals surface area contributed by atoms with Gasteiger partial charge in [-0.15, -0.1) is 0 Å². The van der Waals surface area contributed by atoms with E-state index in [1.165, 1.54) is 0 Å². The third-order valence-electron chi connectivity index (χ3n) is 3.50. The first kappa shape index (κ1) is 17.9. The first-order valence-corrected chi connectivity index (χ1v) is 7.44. The minimum Gasteiger partial charge on any atom is -0.481 e. The number of ether oxygens (including phenoxy) is 1. The maximum absolute atomic E-state index is 12.2. The molecule has 0 spiro atoms. The summed E-state index contributed by atoms with van der Waals surface area (Å²) in [4.78, 5) is 23.5. The Morgan fingerprint density at radius 1 is 0.947 bits per heavy atom. The van der Waals surface area contributed by atoms with Crippen LogP contribution in [0, 0.1) is 11.8 Å². The molecule has 4 heteroatoms. The van der Waals surface area contributed by atoms with E-state index in [0.29, 0.717) is 12.8 Å². The number of hydrogen-bond acceptors (Lipinski definition) is 3. The van der Waals surface area contributed by atoms with Crippen molar-refractivity contribution in [3.8, 4) is 0 Å². The molecule has 0 rings (SSSR count). The Morgan fingerprint density at radius 2 is 1.42 bits per heavy atom. The summed E-state index contributed by atoms with van der Waals surface area (Å²) in [7, 11) is 0. The predicted octanol–water partition coefficient (Wildman–Crippen LogP) is 3.64. The molecule has 0 saturated heterocycles. The Morgan fingerprint density at radius 3 is 1.79 bits per heavy atom. The summed E-state index contributed by atoms with van der Waals surface area (Å²) < 4.78 is 5.44. The van der Waals surface area contributed by atoms with Crippen molar-refractivity contribution in [1.82, 2.24) is 0 Å². The first-order valence-electron chi connectivity index (χ1n) is 7.44. The standard InChI is InChI=1S/C15H28O4/c1-5-9-12(14(16)17)13(10-6-2)15(18)19-11(7-3)8-4/h11-13H,5-10H2,1-4H3,(H,16,17).